The molecule has 0 bridgehead atoms. The highest BCUT2D eigenvalue weighted by Gasteiger charge is 2.27. The van der Waals surface area contributed by atoms with E-state index in [1.165, 1.54) is 0 Å². The van der Waals surface area contributed by atoms with E-state index in [0.717, 1.165) is 6.42 Å². The third-order valence-electron chi connectivity index (χ3n) is 2.12. The van der Waals surface area contributed by atoms with Gasteiger partial charge in [0.25, 0.3) is 0 Å². The molecule has 3 heteroatoms. The fraction of sp³-hybridized carbons (Fsp3) is 0.727. The van der Waals surface area contributed by atoms with Crippen LogP contribution in [0.5, 0.6) is 0 Å². The van der Waals surface area contributed by atoms with Gasteiger partial charge in [0.05, 0.1) is 6.04 Å². The van der Waals surface area contributed by atoms with Gasteiger partial charge in [-0.05, 0) is 18.8 Å². The van der Waals surface area contributed by atoms with E-state index in [2.05, 4.69) is 11.9 Å². The average Bonchev–Trinajstić information content (AvgIpc) is 2.01. The van der Waals surface area contributed by atoms with Crippen LogP contribution in [0.25, 0.3) is 0 Å². The third kappa shape index (κ3) is 4.42. The van der Waals surface area contributed by atoms with Crippen molar-refractivity contribution in [3.63, 3.8) is 0 Å². The first-order chi connectivity index (χ1) is 6.29. The lowest BCUT2D eigenvalue weighted by Crippen LogP contribution is -2.50. The molecule has 0 heterocycles. The highest BCUT2D eigenvalue weighted by atomic mass is 16.2. The van der Waals surface area contributed by atoms with E-state index in [-0.39, 0.29) is 17.4 Å². The first-order valence-corrected chi connectivity index (χ1v) is 4.96. The number of nitrogens with one attached hydrogen (secondary N) is 1. The Labute approximate surface area is 86.8 Å². The predicted molar refractivity (Wildman–Crippen MR) is 59.8 cm³/mol. The summed E-state index contributed by atoms with van der Waals surface area (Å²) in [5.41, 5.74) is 5.60. The molecule has 0 aliphatic rings. The Morgan fingerprint density at radius 2 is 2.07 bits per heavy atom. The Kier molecular flexibility index (Phi) is 4.85. The van der Waals surface area contributed by atoms with Crippen molar-refractivity contribution in [2.45, 2.75) is 46.2 Å². The topological polar surface area (TPSA) is 55.1 Å². The van der Waals surface area contributed by atoms with Crippen LogP contribution < -0.4 is 11.1 Å². The molecule has 0 spiro atoms. The van der Waals surface area contributed by atoms with E-state index in [4.69, 9.17) is 5.73 Å². The highest BCUT2D eigenvalue weighted by molar-refractivity contribution is 5.82. The van der Waals surface area contributed by atoms with Crippen molar-refractivity contribution < 1.29 is 4.79 Å². The van der Waals surface area contributed by atoms with Crippen molar-refractivity contribution in [1.29, 1.82) is 0 Å². The molecule has 0 saturated heterocycles. The Bertz CT molecular complexity index is 206. The molecule has 1 amide bonds. The summed E-state index contributed by atoms with van der Waals surface area (Å²) in [6.07, 6.45) is 2.55. The molecule has 0 aromatic rings. The molecular formula is C11H22N2O. The molecule has 2 unspecified atom stereocenters. The fourth-order valence-electron chi connectivity index (χ4n) is 1.03. The highest BCUT2D eigenvalue weighted by Crippen LogP contribution is 2.17. The summed E-state index contributed by atoms with van der Waals surface area (Å²) in [5.74, 6) is -0.0909. The van der Waals surface area contributed by atoms with E-state index in [9.17, 15) is 4.79 Å². The van der Waals surface area contributed by atoms with Crippen LogP contribution in [0, 0.1) is 5.41 Å². The third-order valence-corrected chi connectivity index (χ3v) is 2.12. The standard InChI is InChI=1S/C11H22N2O/c1-6-7-8(2)13-10(14)9(12)11(3,4)5/h6,8-9H,1,7,12H2,2-5H3,(H,13,14). The normalized spacial score (nSPS) is 15.8. The summed E-state index contributed by atoms with van der Waals surface area (Å²) in [7, 11) is 0. The van der Waals surface area contributed by atoms with Crippen LogP contribution in [-0.2, 0) is 4.79 Å². The van der Waals surface area contributed by atoms with Gasteiger partial charge in [-0.1, -0.05) is 26.8 Å². The van der Waals surface area contributed by atoms with Gasteiger partial charge in [0.15, 0.2) is 0 Å². The average molecular weight is 198 g/mol. The van der Waals surface area contributed by atoms with E-state index in [0.29, 0.717) is 0 Å². The minimum atomic E-state index is -0.463. The van der Waals surface area contributed by atoms with E-state index < -0.39 is 6.04 Å². The van der Waals surface area contributed by atoms with Gasteiger partial charge in [0, 0.05) is 6.04 Å². The van der Waals surface area contributed by atoms with Crippen molar-refractivity contribution in [2.75, 3.05) is 0 Å². The lowest BCUT2D eigenvalue weighted by molar-refractivity contribution is -0.125. The lowest BCUT2D eigenvalue weighted by Gasteiger charge is -2.27. The molecule has 0 saturated carbocycles. The molecule has 0 aliphatic carbocycles. The van der Waals surface area contributed by atoms with Gasteiger partial charge >= 0.3 is 0 Å². The summed E-state index contributed by atoms with van der Waals surface area (Å²) >= 11 is 0. The predicted octanol–water partition coefficient (Wildman–Crippen LogP) is 1.44. The maximum atomic E-state index is 11.6. The molecule has 0 aromatic carbocycles. The molecule has 3 N–H and O–H groups in total. The van der Waals surface area contributed by atoms with Crippen LogP contribution in [0.15, 0.2) is 12.7 Å². The van der Waals surface area contributed by atoms with Crippen LogP contribution in [0.1, 0.15) is 34.1 Å². The Morgan fingerprint density at radius 3 is 2.43 bits per heavy atom. The zero-order valence-electron chi connectivity index (χ0n) is 9.63. The van der Waals surface area contributed by atoms with Gasteiger partial charge in [0.1, 0.15) is 0 Å². The molecular weight excluding hydrogens is 176 g/mol. The molecule has 0 rings (SSSR count). The first kappa shape index (κ1) is 13.2. The number of hydrogen-bond donors (Lipinski definition) is 2. The van der Waals surface area contributed by atoms with Crippen LogP contribution in [-0.4, -0.2) is 18.0 Å². The molecule has 0 aliphatic heterocycles. The lowest BCUT2D eigenvalue weighted by atomic mass is 9.87. The zero-order valence-corrected chi connectivity index (χ0v) is 9.63. The van der Waals surface area contributed by atoms with Gasteiger partial charge in [-0.3, -0.25) is 4.79 Å². The Balaban J connectivity index is 4.15. The van der Waals surface area contributed by atoms with Gasteiger partial charge in [-0.25, -0.2) is 0 Å². The molecule has 2 atom stereocenters. The second-order valence-corrected chi connectivity index (χ2v) is 4.78. The smallest absolute Gasteiger partial charge is 0.237 e. The first-order valence-electron chi connectivity index (χ1n) is 4.96. The molecule has 82 valence electrons. The molecule has 0 fully saturated rings. The molecule has 0 radical (unpaired) electrons. The fourth-order valence-corrected chi connectivity index (χ4v) is 1.03. The van der Waals surface area contributed by atoms with Crippen LogP contribution >= 0.6 is 0 Å². The summed E-state index contributed by atoms with van der Waals surface area (Å²) in [4.78, 5) is 11.6. The maximum absolute atomic E-state index is 11.6. The largest absolute Gasteiger partial charge is 0.352 e. The minimum Gasteiger partial charge on any atom is -0.352 e. The number of hydrogen-bond acceptors (Lipinski definition) is 2. The summed E-state index contributed by atoms with van der Waals surface area (Å²) in [5, 5.41) is 2.85. The SMILES string of the molecule is C=CCC(C)NC(=O)C(N)C(C)(C)C. The van der Waals surface area contributed by atoms with Crippen LogP contribution in [0.3, 0.4) is 0 Å². The van der Waals surface area contributed by atoms with Gasteiger partial charge < -0.3 is 11.1 Å². The van der Waals surface area contributed by atoms with Crippen LogP contribution in [0.2, 0.25) is 0 Å². The Hall–Kier alpha value is -0.830. The summed E-state index contributed by atoms with van der Waals surface area (Å²) in [6.45, 7) is 11.4. The van der Waals surface area contributed by atoms with E-state index in [1.807, 2.05) is 27.7 Å². The number of carbonyl (C=O) groups excluding carboxylic acids is 1. The molecule has 14 heavy (non-hydrogen) atoms. The summed E-state index contributed by atoms with van der Waals surface area (Å²) < 4.78 is 0. The van der Waals surface area contributed by atoms with E-state index >= 15 is 0 Å². The second kappa shape index (κ2) is 5.15. The second-order valence-electron chi connectivity index (χ2n) is 4.78. The monoisotopic (exact) mass is 198 g/mol. The Morgan fingerprint density at radius 1 is 1.57 bits per heavy atom. The van der Waals surface area contributed by atoms with Crippen molar-refractivity contribution in [3.8, 4) is 0 Å². The van der Waals surface area contributed by atoms with Gasteiger partial charge in [-0.2, -0.15) is 0 Å². The number of nitrogens with two attached hydrogens (primary N) is 1. The number of rotatable bonds is 4. The quantitative estimate of drug-likeness (QED) is 0.672. The molecule has 3 nitrogen and oxygen atoms in total. The van der Waals surface area contributed by atoms with Gasteiger partial charge in [-0.15, -0.1) is 6.58 Å². The van der Waals surface area contributed by atoms with Crippen molar-refractivity contribution in [2.24, 2.45) is 11.1 Å². The van der Waals surface area contributed by atoms with Gasteiger partial charge in [0.2, 0.25) is 5.91 Å². The number of amides is 1. The maximum Gasteiger partial charge on any atom is 0.237 e. The summed E-state index contributed by atoms with van der Waals surface area (Å²) in [6, 6.07) is -0.358. The van der Waals surface area contributed by atoms with Crippen molar-refractivity contribution >= 4 is 5.91 Å². The van der Waals surface area contributed by atoms with Crippen molar-refractivity contribution in [1.82, 2.24) is 5.32 Å². The van der Waals surface area contributed by atoms with Crippen molar-refractivity contribution in [3.05, 3.63) is 12.7 Å². The minimum absolute atomic E-state index is 0.0909. The molecule has 0 aromatic heterocycles. The zero-order chi connectivity index (χ0) is 11.4. The number of carbonyl (C=O) groups is 1. The van der Waals surface area contributed by atoms with E-state index in [1.54, 1.807) is 6.08 Å². The van der Waals surface area contributed by atoms with Crippen LogP contribution in [0.4, 0.5) is 0 Å².